The van der Waals surface area contributed by atoms with Gasteiger partial charge in [-0.2, -0.15) is 0 Å². The first-order valence-corrected chi connectivity index (χ1v) is 7.66. The Balaban J connectivity index is 2.19. The number of nitrogens with zero attached hydrogens (tertiary/aromatic N) is 1. The molecule has 20 heavy (non-hydrogen) atoms. The minimum atomic E-state index is 0.511. The number of hydrogen-bond acceptors (Lipinski definition) is 2. The van der Waals surface area contributed by atoms with Crippen molar-refractivity contribution >= 4 is 33.2 Å². The molecule has 0 amide bonds. The number of hydrogen-bond donors (Lipinski definition) is 0. The van der Waals surface area contributed by atoms with E-state index in [1.165, 1.54) is 0 Å². The van der Waals surface area contributed by atoms with Gasteiger partial charge >= 0.3 is 0 Å². The first-order valence-electron chi connectivity index (χ1n) is 6.33. The van der Waals surface area contributed by atoms with Gasteiger partial charge in [0.15, 0.2) is 0 Å². The molecule has 106 valence electrons. The van der Waals surface area contributed by atoms with Gasteiger partial charge in [-0.05, 0) is 23.8 Å². The normalized spacial score (nSPS) is 10.4. The van der Waals surface area contributed by atoms with Crippen LogP contribution >= 0.6 is 27.5 Å². The van der Waals surface area contributed by atoms with E-state index >= 15 is 0 Å². The van der Waals surface area contributed by atoms with Crippen LogP contribution in [0.2, 0.25) is 0 Å². The van der Waals surface area contributed by atoms with E-state index in [2.05, 4.69) is 46.1 Å². The number of rotatable bonds is 5. The van der Waals surface area contributed by atoms with Crippen LogP contribution in [-0.2, 0) is 12.4 Å². The largest absolute Gasteiger partial charge is 0.496 e. The van der Waals surface area contributed by atoms with Gasteiger partial charge in [0.1, 0.15) is 5.75 Å². The van der Waals surface area contributed by atoms with Crippen LogP contribution in [0.15, 0.2) is 46.9 Å². The molecule has 0 fully saturated rings. The van der Waals surface area contributed by atoms with Crippen molar-refractivity contribution in [1.82, 2.24) is 0 Å². The van der Waals surface area contributed by atoms with Gasteiger partial charge in [-0.1, -0.05) is 40.2 Å². The SMILES string of the molecule is COc1ccccc1CN(C)c1ccc(CCl)c(Br)c1. The van der Waals surface area contributed by atoms with Crippen LogP contribution in [0.25, 0.3) is 0 Å². The Morgan fingerprint density at radius 2 is 1.90 bits per heavy atom. The van der Waals surface area contributed by atoms with E-state index in [1.54, 1.807) is 7.11 Å². The minimum Gasteiger partial charge on any atom is -0.496 e. The molecule has 0 aliphatic rings. The molecule has 0 bridgehead atoms. The molecule has 4 heteroatoms. The highest BCUT2D eigenvalue weighted by Gasteiger charge is 2.08. The van der Waals surface area contributed by atoms with Crippen LogP contribution < -0.4 is 9.64 Å². The van der Waals surface area contributed by atoms with Crippen molar-refractivity contribution in [2.45, 2.75) is 12.4 Å². The molecule has 0 heterocycles. The summed E-state index contributed by atoms with van der Waals surface area (Å²) in [7, 11) is 3.76. The van der Waals surface area contributed by atoms with Crippen molar-refractivity contribution < 1.29 is 4.74 Å². The molecule has 0 atom stereocenters. The average Bonchev–Trinajstić information content (AvgIpc) is 2.47. The highest BCUT2D eigenvalue weighted by Crippen LogP contribution is 2.27. The number of halogens is 2. The molecule has 2 rings (SSSR count). The quantitative estimate of drug-likeness (QED) is 0.713. The third kappa shape index (κ3) is 3.47. The van der Waals surface area contributed by atoms with Gasteiger partial charge in [-0.3, -0.25) is 0 Å². The molecule has 0 unspecified atom stereocenters. The molecule has 0 aliphatic heterocycles. The van der Waals surface area contributed by atoms with Crippen molar-refractivity contribution in [3.05, 3.63) is 58.1 Å². The molecule has 0 spiro atoms. The van der Waals surface area contributed by atoms with Crippen LogP contribution in [0.5, 0.6) is 5.75 Å². The second-order valence-corrected chi connectivity index (χ2v) is 5.70. The number of ether oxygens (including phenoxy) is 1. The second kappa shape index (κ2) is 7.00. The predicted molar refractivity (Wildman–Crippen MR) is 88.8 cm³/mol. The van der Waals surface area contributed by atoms with Gasteiger partial charge < -0.3 is 9.64 Å². The smallest absolute Gasteiger partial charge is 0.123 e. The minimum absolute atomic E-state index is 0.511. The lowest BCUT2D eigenvalue weighted by Gasteiger charge is -2.21. The molecule has 2 aromatic carbocycles. The van der Waals surface area contributed by atoms with E-state index < -0.39 is 0 Å². The summed E-state index contributed by atoms with van der Waals surface area (Å²) in [4.78, 5) is 2.18. The fourth-order valence-corrected chi connectivity index (χ4v) is 2.96. The monoisotopic (exact) mass is 353 g/mol. The third-order valence-corrected chi connectivity index (χ3v) is 4.25. The molecular weight excluding hydrogens is 338 g/mol. The Kier molecular flexibility index (Phi) is 5.32. The molecule has 0 radical (unpaired) electrons. The highest BCUT2D eigenvalue weighted by molar-refractivity contribution is 9.10. The Morgan fingerprint density at radius 3 is 2.55 bits per heavy atom. The number of para-hydroxylation sites is 1. The molecule has 0 aliphatic carbocycles. The van der Waals surface area contributed by atoms with Gasteiger partial charge in [0.05, 0.1) is 7.11 Å². The first-order chi connectivity index (χ1) is 9.65. The molecule has 0 saturated heterocycles. The van der Waals surface area contributed by atoms with Crippen molar-refractivity contribution in [2.24, 2.45) is 0 Å². The lowest BCUT2D eigenvalue weighted by Crippen LogP contribution is -2.16. The van der Waals surface area contributed by atoms with E-state index in [9.17, 15) is 0 Å². The van der Waals surface area contributed by atoms with Crippen LogP contribution in [0.1, 0.15) is 11.1 Å². The van der Waals surface area contributed by atoms with Gasteiger partial charge in [0.25, 0.3) is 0 Å². The predicted octanol–water partition coefficient (Wildman–Crippen LogP) is 4.83. The van der Waals surface area contributed by atoms with Crippen LogP contribution in [0.3, 0.4) is 0 Å². The van der Waals surface area contributed by atoms with Crippen molar-refractivity contribution in [1.29, 1.82) is 0 Å². The zero-order valence-corrected chi connectivity index (χ0v) is 13.9. The lowest BCUT2D eigenvalue weighted by atomic mass is 10.1. The van der Waals surface area contributed by atoms with Crippen LogP contribution in [-0.4, -0.2) is 14.2 Å². The fourth-order valence-electron chi connectivity index (χ4n) is 2.06. The van der Waals surface area contributed by atoms with Crippen LogP contribution in [0, 0.1) is 0 Å². The molecule has 2 aromatic rings. The summed E-state index contributed by atoms with van der Waals surface area (Å²) in [5.74, 6) is 1.42. The Morgan fingerprint density at radius 1 is 1.15 bits per heavy atom. The van der Waals surface area contributed by atoms with Gasteiger partial charge in [-0.15, -0.1) is 11.6 Å². The van der Waals surface area contributed by atoms with Crippen molar-refractivity contribution in [2.75, 3.05) is 19.1 Å². The fraction of sp³-hybridized carbons (Fsp3) is 0.250. The first kappa shape index (κ1) is 15.2. The van der Waals surface area contributed by atoms with Crippen molar-refractivity contribution in [3.8, 4) is 5.75 Å². The van der Waals surface area contributed by atoms with Gasteiger partial charge in [0.2, 0.25) is 0 Å². The molecule has 2 nitrogen and oxygen atoms in total. The topological polar surface area (TPSA) is 12.5 Å². The zero-order valence-electron chi connectivity index (χ0n) is 11.6. The summed E-state index contributed by atoms with van der Waals surface area (Å²) in [5, 5.41) is 0. The summed E-state index contributed by atoms with van der Waals surface area (Å²) < 4.78 is 6.43. The maximum atomic E-state index is 5.87. The summed E-state index contributed by atoms with van der Waals surface area (Å²) in [5.41, 5.74) is 3.40. The second-order valence-electron chi connectivity index (χ2n) is 4.58. The highest BCUT2D eigenvalue weighted by atomic mass is 79.9. The maximum absolute atomic E-state index is 5.87. The standard InChI is InChI=1S/C16H17BrClNO/c1-19(11-13-5-3-4-6-16(13)20-2)14-8-7-12(10-18)15(17)9-14/h3-9H,10-11H2,1-2H3. The maximum Gasteiger partial charge on any atom is 0.123 e. The number of methoxy groups -OCH3 is 1. The number of alkyl halides is 1. The van der Waals surface area contributed by atoms with Gasteiger partial charge in [0, 0.05) is 35.2 Å². The number of benzene rings is 2. The average molecular weight is 355 g/mol. The Hall–Kier alpha value is -1.19. The summed E-state index contributed by atoms with van der Waals surface area (Å²) >= 11 is 9.43. The van der Waals surface area contributed by atoms with Gasteiger partial charge in [-0.25, -0.2) is 0 Å². The summed E-state index contributed by atoms with van der Waals surface area (Å²) in [6.45, 7) is 0.788. The lowest BCUT2D eigenvalue weighted by molar-refractivity contribution is 0.409. The summed E-state index contributed by atoms with van der Waals surface area (Å²) in [6, 6.07) is 14.3. The third-order valence-electron chi connectivity index (χ3n) is 3.22. The van der Waals surface area contributed by atoms with E-state index in [0.29, 0.717) is 5.88 Å². The van der Waals surface area contributed by atoms with Crippen LogP contribution in [0.4, 0.5) is 5.69 Å². The van der Waals surface area contributed by atoms with E-state index in [0.717, 1.165) is 33.6 Å². The Bertz CT molecular complexity index is 588. The van der Waals surface area contributed by atoms with E-state index in [1.807, 2.05) is 24.3 Å². The Labute approximate surface area is 133 Å². The molecular formula is C16H17BrClNO. The number of anilines is 1. The van der Waals surface area contributed by atoms with Crippen molar-refractivity contribution in [3.63, 3.8) is 0 Å². The summed E-state index contributed by atoms with van der Waals surface area (Å²) in [6.07, 6.45) is 0. The molecule has 0 saturated carbocycles. The molecule has 0 N–H and O–H groups in total. The van der Waals surface area contributed by atoms with E-state index in [-0.39, 0.29) is 0 Å². The zero-order chi connectivity index (χ0) is 14.5. The van der Waals surface area contributed by atoms with E-state index in [4.69, 9.17) is 16.3 Å². The molecule has 0 aromatic heterocycles.